The van der Waals surface area contributed by atoms with E-state index >= 15 is 0 Å². The third-order valence-electron chi connectivity index (χ3n) is 2.73. The molecule has 0 saturated carbocycles. The predicted molar refractivity (Wildman–Crippen MR) is 76.9 cm³/mol. The van der Waals surface area contributed by atoms with Crippen LogP contribution >= 0.6 is 23.1 Å². The summed E-state index contributed by atoms with van der Waals surface area (Å²) in [6.45, 7) is 6.30. The number of aromatic nitrogens is 1. The molecule has 1 aromatic heterocycles. The van der Waals surface area contributed by atoms with Gasteiger partial charge in [0.2, 0.25) is 0 Å². The Morgan fingerprint density at radius 1 is 1.22 bits per heavy atom. The molecule has 0 fully saturated rings. The lowest BCUT2D eigenvalue weighted by Gasteiger charge is -2.13. The van der Waals surface area contributed by atoms with Gasteiger partial charge in [-0.05, 0) is 18.9 Å². The summed E-state index contributed by atoms with van der Waals surface area (Å²) in [4.78, 5) is 4.39. The van der Waals surface area contributed by atoms with Gasteiger partial charge in [0.15, 0.2) is 0 Å². The van der Waals surface area contributed by atoms with Crippen molar-refractivity contribution >= 4 is 23.1 Å². The molecule has 1 nitrogen and oxygen atoms in total. The lowest BCUT2D eigenvalue weighted by Crippen LogP contribution is -1.94. The van der Waals surface area contributed by atoms with Crippen molar-refractivity contribution in [2.24, 2.45) is 0 Å². The van der Waals surface area contributed by atoms with E-state index in [-0.39, 0.29) is 11.1 Å². The number of hydrogen-bond acceptors (Lipinski definition) is 3. The van der Waals surface area contributed by atoms with E-state index in [4.69, 9.17) is 0 Å². The summed E-state index contributed by atoms with van der Waals surface area (Å²) in [5.41, 5.74) is 3.74. The zero-order valence-electron chi connectivity index (χ0n) is 10.7. The summed E-state index contributed by atoms with van der Waals surface area (Å²) >= 11 is 3.32. The lowest BCUT2D eigenvalue weighted by atomic mass is 10.1. The molecule has 1 aromatic carbocycles. The van der Waals surface area contributed by atoms with E-state index in [0.29, 0.717) is 5.92 Å². The minimum atomic E-state index is -0.131. The summed E-state index contributed by atoms with van der Waals surface area (Å²) in [6.07, 6.45) is 0. The van der Waals surface area contributed by atoms with Gasteiger partial charge in [0, 0.05) is 10.8 Å². The van der Waals surface area contributed by atoms with E-state index < -0.39 is 0 Å². The van der Waals surface area contributed by atoms with Crippen molar-refractivity contribution in [3.05, 3.63) is 46.9 Å². The fraction of sp³-hybridized carbons (Fsp3) is 0.357. The molecule has 0 amide bonds. The normalized spacial score (nSPS) is 12.9. The zero-order valence-corrected chi connectivity index (χ0v) is 12.3. The maximum Gasteiger partial charge on any atom is 0.127 e. The fourth-order valence-electron chi connectivity index (χ4n) is 1.75. The Morgan fingerprint density at radius 2 is 1.94 bits per heavy atom. The number of halogens is 1. The average Bonchev–Trinajstić information content (AvgIpc) is 2.77. The molecular formula is C14H16FNS2. The van der Waals surface area contributed by atoms with Crippen molar-refractivity contribution in [2.75, 3.05) is 0 Å². The largest absolute Gasteiger partial charge is 0.248 e. The van der Waals surface area contributed by atoms with Crippen molar-refractivity contribution in [1.82, 2.24) is 4.98 Å². The molecular weight excluding hydrogens is 265 g/mol. The summed E-state index contributed by atoms with van der Waals surface area (Å²) in [5.74, 6) is 0.277. The van der Waals surface area contributed by atoms with Crippen molar-refractivity contribution in [1.29, 1.82) is 0 Å². The van der Waals surface area contributed by atoms with E-state index in [9.17, 15) is 4.39 Å². The first kappa shape index (κ1) is 13.6. The first-order valence-electron chi connectivity index (χ1n) is 5.94. The van der Waals surface area contributed by atoms with E-state index in [1.807, 2.05) is 24.6 Å². The summed E-state index contributed by atoms with van der Waals surface area (Å²) in [7, 11) is 0. The number of thioether (sulfide) groups is 1. The van der Waals surface area contributed by atoms with E-state index in [2.05, 4.69) is 18.8 Å². The third kappa shape index (κ3) is 2.93. The van der Waals surface area contributed by atoms with Crippen molar-refractivity contribution in [2.45, 2.75) is 36.1 Å². The van der Waals surface area contributed by atoms with Crippen LogP contribution in [0.4, 0.5) is 4.39 Å². The average molecular weight is 281 g/mol. The van der Waals surface area contributed by atoms with Gasteiger partial charge in [-0.15, -0.1) is 23.1 Å². The van der Waals surface area contributed by atoms with Crippen LogP contribution in [0.25, 0.3) is 0 Å². The van der Waals surface area contributed by atoms with Crippen LogP contribution in [0.3, 0.4) is 0 Å². The minimum absolute atomic E-state index is 0.101. The van der Waals surface area contributed by atoms with Crippen LogP contribution < -0.4 is 0 Å². The molecule has 1 unspecified atom stereocenters. The highest BCUT2D eigenvalue weighted by molar-refractivity contribution is 8.01. The summed E-state index contributed by atoms with van der Waals surface area (Å²) < 4.78 is 14.9. The van der Waals surface area contributed by atoms with E-state index in [1.54, 1.807) is 29.2 Å². The van der Waals surface area contributed by atoms with Gasteiger partial charge in [-0.2, -0.15) is 0 Å². The molecule has 18 heavy (non-hydrogen) atoms. The second-order valence-electron chi connectivity index (χ2n) is 4.46. The van der Waals surface area contributed by atoms with Gasteiger partial charge in [0.05, 0.1) is 15.4 Å². The molecule has 2 rings (SSSR count). The van der Waals surface area contributed by atoms with Gasteiger partial charge in [0.25, 0.3) is 0 Å². The molecule has 96 valence electrons. The van der Waals surface area contributed by atoms with Gasteiger partial charge in [-0.3, -0.25) is 0 Å². The third-order valence-corrected chi connectivity index (χ3v) is 4.98. The molecule has 0 saturated heterocycles. The lowest BCUT2D eigenvalue weighted by molar-refractivity contribution is 0.611. The van der Waals surface area contributed by atoms with Crippen LogP contribution in [0.15, 0.2) is 34.0 Å². The molecule has 1 heterocycles. The second kappa shape index (κ2) is 5.85. The quantitative estimate of drug-likeness (QED) is 0.709. The van der Waals surface area contributed by atoms with Gasteiger partial charge < -0.3 is 0 Å². The Bertz CT molecular complexity index is 522. The Kier molecular flexibility index (Phi) is 4.40. The summed E-state index contributed by atoms with van der Waals surface area (Å²) in [6, 6.07) is 6.97. The van der Waals surface area contributed by atoms with Crippen LogP contribution in [-0.4, -0.2) is 4.98 Å². The monoisotopic (exact) mass is 281 g/mol. The highest BCUT2D eigenvalue weighted by atomic mass is 32.2. The standard InChI is InChI=1S/C14H16FNS2/c1-9(2)13-14(17-8-16-13)18-10(3)11-6-4-5-7-12(11)15/h4-10H,1-3H3. The molecule has 0 aliphatic heterocycles. The SMILES string of the molecule is CC(C)c1ncsc1SC(C)c1ccccc1F. The molecule has 0 bridgehead atoms. The highest BCUT2D eigenvalue weighted by Crippen LogP contribution is 2.41. The summed E-state index contributed by atoms with van der Waals surface area (Å²) in [5, 5.41) is 0.101. The first-order chi connectivity index (χ1) is 8.59. The molecule has 0 spiro atoms. The number of nitrogens with zero attached hydrogens (tertiary/aromatic N) is 1. The van der Waals surface area contributed by atoms with Crippen molar-refractivity contribution < 1.29 is 4.39 Å². The Labute approximate surface area is 115 Å². The second-order valence-corrected chi connectivity index (χ2v) is 6.93. The maximum absolute atomic E-state index is 13.7. The highest BCUT2D eigenvalue weighted by Gasteiger charge is 2.17. The number of benzene rings is 1. The van der Waals surface area contributed by atoms with Gasteiger partial charge in [0.1, 0.15) is 5.82 Å². The number of rotatable bonds is 4. The zero-order chi connectivity index (χ0) is 13.1. The van der Waals surface area contributed by atoms with Crippen LogP contribution in [-0.2, 0) is 0 Å². The molecule has 0 radical (unpaired) electrons. The number of thiazole rings is 1. The van der Waals surface area contributed by atoms with Gasteiger partial charge >= 0.3 is 0 Å². The van der Waals surface area contributed by atoms with E-state index in [0.717, 1.165) is 11.3 Å². The van der Waals surface area contributed by atoms with Crippen LogP contribution in [0.2, 0.25) is 0 Å². The fourth-order valence-corrected chi connectivity index (χ4v) is 4.25. The Hall–Kier alpha value is -0.870. The van der Waals surface area contributed by atoms with Gasteiger partial charge in [-0.1, -0.05) is 32.0 Å². The molecule has 0 aliphatic rings. The molecule has 0 aliphatic carbocycles. The molecule has 0 N–H and O–H groups in total. The smallest absolute Gasteiger partial charge is 0.127 e. The van der Waals surface area contributed by atoms with E-state index in [1.165, 1.54) is 10.3 Å². The molecule has 2 aromatic rings. The minimum Gasteiger partial charge on any atom is -0.248 e. The van der Waals surface area contributed by atoms with Gasteiger partial charge in [-0.25, -0.2) is 9.37 Å². The van der Waals surface area contributed by atoms with Crippen LogP contribution in [0, 0.1) is 5.82 Å². The first-order valence-corrected chi connectivity index (χ1v) is 7.70. The topological polar surface area (TPSA) is 12.9 Å². The maximum atomic E-state index is 13.7. The van der Waals surface area contributed by atoms with Crippen molar-refractivity contribution in [3.8, 4) is 0 Å². The van der Waals surface area contributed by atoms with Crippen molar-refractivity contribution in [3.63, 3.8) is 0 Å². The number of hydrogen-bond donors (Lipinski definition) is 0. The van der Waals surface area contributed by atoms with Crippen LogP contribution in [0.5, 0.6) is 0 Å². The Morgan fingerprint density at radius 3 is 2.61 bits per heavy atom. The Balaban J connectivity index is 2.19. The molecule has 1 atom stereocenters. The predicted octanol–water partition coefficient (Wildman–Crippen LogP) is 5.26. The molecule has 4 heteroatoms. The van der Waals surface area contributed by atoms with Crippen LogP contribution in [0.1, 0.15) is 43.2 Å².